The van der Waals surface area contributed by atoms with E-state index in [-0.39, 0.29) is 18.3 Å². The fraction of sp³-hybridized carbons (Fsp3) is 0.368. The van der Waals surface area contributed by atoms with Crippen molar-refractivity contribution in [1.29, 1.82) is 0 Å². The first kappa shape index (κ1) is 19.3. The van der Waals surface area contributed by atoms with Crippen LogP contribution >= 0.6 is 12.4 Å². The Morgan fingerprint density at radius 3 is 2.48 bits per heavy atom. The number of nitrogens with zero attached hydrogens (tertiary/aromatic N) is 5. The van der Waals surface area contributed by atoms with Gasteiger partial charge >= 0.3 is 0 Å². The molecule has 1 saturated heterocycles. The van der Waals surface area contributed by atoms with Crippen molar-refractivity contribution < 1.29 is 9.32 Å². The predicted molar refractivity (Wildman–Crippen MR) is 104 cm³/mol. The van der Waals surface area contributed by atoms with Gasteiger partial charge in [-0.1, -0.05) is 17.3 Å². The van der Waals surface area contributed by atoms with Crippen LogP contribution in [0.1, 0.15) is 27.5 Å². The molecular weight excluding hydrogens is 366 g/mol. The molecule has 0 radical (unpaired) electrons. The van der Waals surface area contributed by atoms with Gasteiger partial charge in [0.15, 0.2) is 0 Å². The fourth-order valence-corrected chi connectivity index (χ4v) is 3.28. The summed E-state index contributed by atoms with van der Waals surface area (Å²) in [4.78, 5) is 25.7. The highest BCUT2D eigenvalue weighted by molar-refractivity contribution is 5.93. The topological polar surface area (TPSA) is 75.4 Å². The van der Waals surface area contributed by atoms with Gasteiger partial charge in [-0.25, -0.2) is 4.98 Å². The predicted octanol–water partition coefficient (Wildman–Crippen LogP) is 2.61. The van der Waals surface area contributed by atoms with Crippen LogP contribution in [0.3, 0.4) is 0 Å². The molecule has 1 fully saturated rings. The van der Waals surface area contributed by atoms with Gasteiger partial charge in [-0.15, -0.1) is 12.4 Å². The Hall–Kier alpha value is -2.51. The summed E-state index contributed by atoms with van der Waals surface area (Å²) in [6.07, 6.45) is 1.57. The third-order valence-corrected chi connectivity index (χ3v) is 4.89. The van der Waals surface area contributed by atoms with Gasteiger partial charge in [0.25, 0.3) is 5.91 Å². The third kappa shape index (κ3) is 3.94. The highest BCUT2D eigenvalue weighted by Gasteiger charge is 2.24. The minimum absolute atomic E-state index is 0. The number of piperazine rings is 1. The summed E-state index contributed by atoms with van der Waals surface area (Å²) in [5, 5.41) is 4.01. The maximum Gasteiger partial charge on any atom is 0.274 e. The summed E-state index contributed by atoms with van der Waals surface area (Å²) in [6.45, 7) is 7.69. The van der Waals surface area contributed by atoms with Crippen LogP contribution in [-0.2, 0) is 6.54 Å². The normalized spacial score (nSPS) is 15.0. The maximum absolute atomic E-state index is 12.8. The number of aromatic nitrogens is 3. The number of halogens is 1. The first-order valence-corrected chi connectivity index (χ1v) is 8.77. The SMILES string of the molecule is Cc1noc(C)c1CN1CCN(C(=O)c2cnc3ccccc3n2)CC1.Cl. The Balaban J connectivity index is 0.00000210. The lowest BCUT2D eigenvalue weighted by Gasteiger charge is -2.34. The molecule has 0 atom stereocenters. The van der Waals surface area contributed by atoms with Gasteiger partial charge in [-0.3, -0.25) is 14.7 Å². The second-order valence-corrected chi connectivity index (χ2v) is 6.62. The molecule has 1 aliphatic rings. The average molecular weight is 388 g/mol. The minimum atomic E-state index is -0.0553. The van der Waals surface area contributed by atoms with Crippen LogP contribution in [0, 0.1) is 13.8 Å². The smallest absolute Gasteiger partial charge is 0.274 e. The molecule has 0 bridgehead atoms. The number of fused-ring (bicyclic) bond motifs is 1. The standard InChI is InChI=1S/C19H21N5O2.ClH/c1-13-15(14(2)26-22-13)12-23-7-9-24(10-8-23)19(25)18-11-20-16-5-3-4-6-17(16)21-18;/h3-6,11H,7-10,12H2,1-2H3;1H. The number of carbonyl (C=O) groups excluding carboxylic acids is 1. The number of amides is 1. The van der Waals surface area contributed by atoms with Crippen LogP contribution < -0.4 is 0 Å². The molecule has 142 valence electrons. The molecular formula is C19H22ClN5O2. The fourth-order valence-electron chi connectivity index (χ4n) is 3.28. The van der Waals surface area contributed by atoms with Crippen LogP contribution in [-0.4, -0.2) is 57.0 Å². The van der Waals surface area contributed by atoms with E-state index < -0.39 is 0 Å². The van der Waals surface area contributed by atoms with E-state index in [0.29, 0.717) is 18.8 Å². The second kappa shape index (κ2) is 8.02. The molecule has 1 aromatic carbocycles. The quantitative estimate of drug-likeness (QED) is 0.687. The van der Waals surface area contributed by atoms with Gasteiger partial charge < -0.3 is 9.42 Å². The molecule has 27 heavy (non-hydrogen) atoms. The molecule has 0 spiro atoms. The first-order chi connectivity index (χ1) is 12.6. The Labute approximate surface area is 163 Å². The van der Waals surface area contributed by atoms with Crippen LogP contribution in [0.5, 0.6) is 0 Å². The molecule has 3 aromatic rings. The van der Waals surface area contributed by atoms with E-state index in [1.54, 1.807) is 6.20 Å². The van der Waals surface area contributed by atoms with Gasteiger partial charge in [0.05, 0.1) is 22.9 Å². The number of para-hydroxylation sites is 2. The summed E-state index contributed by atoms with van der Waals surface area (Å²) in [6, 6.07) is 7.58. The molecule has 0 saturated carbocycles. The zero-order valence-corrected chi connectivity index (χ0v) is 16.2. The molecule has 0 unspecified atom stereocenters. The zero-order chi connectivity index (χ0) is 18.1. The molecule has 1 amide bonds. The van der Waals surface area contributed by atoms with Crippen molar-refractivity contribution in [1.82, 2.24) is 24.9 Å². The molecule has 1 aliphatic heterocycles. The number of rotatable bonds is 3. The highest BCUT2D eigenvalue weighted by atomic mass is 35.5. The Bertz CT molecular complexity index is 931. The Morgan fingerprint density at radius 1 is 1.11 bits per heavy atom. The summed E-state index contributed by atoms with van der Waals surface area (Å²) in [7, 11) is 0. The first-order valence-electron chi connectivity index (χ1n) is 8.77. The van der Waals surface area contributed by atoms with E-state index in [9.17, 15) is 4.79 Å². The van der Waals surface area contributed by atoms with Crippen molar-refractivity contribution in [2.75, 3.05) is 26.2 Å². The number of carbonyl (C=O) groups is 1. The van der Waals surface area contributed by atoms with Crippen molar-refractivity contribution in [3.63, 3.8) is 0 Å². The molecule has 7 nitrogen and oxygen atoms in total. The summed E-state index contributed by atoms with van der Waals surface area (Å²) >= 11 is 0. The van der Waals surface area contributed by atoms with E-state index in [0.717, 1.165) is 47.7 Å². The zero-order valence-electron chi connectivity index (χ0n) is 15.4. The summed E-state index contributed by atoms with van der Waals surface area (Å²) in [5.74, 6) is 0.813. The largest absolute Gasteiger partial charge is 0.361 e. The van der Waals surface area contributed by atoms with Gasteiger partial charge in [-0.05, 0) is 26.0 Å². The Morgan fingerprint density at radius 2 is 1.81 bits per heavy atom. The van der Waals surface area contributed by atoms with Crippen LogP contribution in [0.2, 0.25) is 0 Å². The Kier molecular flexibility index (Phi) is 5.72. The monoisotopic (exact) mass is 387 g/mol. The lowest BCUT2D eigenvalue weighted by atomic mass is 10.1. The average Bonchev–Trinajstić information content (AvgIpc) is 2.99. The van der Waals surface area contributed by atoms with E-state index >= 15 is 0 Å². The third-order valence-electron chi connectivity index (χ3n) is 4.89. The summed E-state index contributed by atoms with van der Waals surface area (Å²) in [5.41, 5.74) is 4.03. The van der Waals surface area contributed by atoms with E-state index in [4.69, 9.17) is 4.52 Å². The number of aryl methyl sites for hydroxylation is 2. The molecule has 4 rings (SSSR count). The van der Waals surface area contributed by atoms with Crippen molar-refractivity contribution in [3.8, 4) is 0 Å². The highest BCUT2D eigenvalue weighted by Crippen LogP contribution is 2.17. The second-order valence-electron chi connectivity index (χ2n) is 6.62. The summed E-state index contributed by atoms with van der Waals surface area (Å²) < 4.78 is 5.23. The van der Waals surface area contributed by atoms with E-state index in [2.05, 4.69) is 20.0 Å². The van der Waals surface area contributed by atoms with Crippen LogP contribution in [0.15, 0.2) is 35.0 Å². The van der Waals surface area contributed by atoms with Gasteiger partial charge in [0, 0.05) is 38.3 Å². The van der Waals surface area contributed by atoms with Crippen molar-refractivity contribution in [2.45, 2.75) is 20.4 Å². The van der Waals surface area contributed by atoms with E-state index in [1.165, 1.54) is 0 Å². The van der Waals surface area contributed by atoms with Crippen LogP contribution in [0.4, 0.5) is 0 Å². The molecule has 0 N–H and O–H groups in total. The lowest BCUT2D eigenvalue weighted by molar-refractivity contribution is 0.0622. The molecule has 8 heteroatoms. The molecule has 0 aliphatic carbocycles. The minimum Gasteiger partial charge on any atom is -0.361 e. The van der Waals surface area contributed by atoms with Crippen LogP contribution in [0.25, 0.3) is 11.0 Å². The van der Waals surface area contributed by atoms with Gasteiger partial charge in [0.2, 0.25) is 0 Å². The van der Waals surface area contributed by atoms with Crippen molar-refractivity contribution in [3.05, 3.63) is 53.2 Å². The maximum atomic E-state index is 12.8. The van der Waals surface area contributed by atoms with Gasteiger partial charge in [-0.2, -0.15) is 0 Å². The van der Waals surface area contributed by atoms with Gasteiger partial charge in [0.1, 0.15) is 11.5 Å². The number of hydrogen-bond acceptors (Lipinski definition) is 6. The van der Waals surface area contributed by atoms with Crippen molar-refractivity contribution >= 4 is 29.3 Å². The number of hydrogen-bond donors (Lipinski definition) is 0. The lowest BCUT2D eigenvalue weighted by Crippen LogP contribution is -2.48. The number of benzene rings is 1. The molecule has 2 aromatic heterocycles. The van der Waals surface area contributed by atoms with Crippen molar-refractivity contribution in [2.24, 2.45) is 0 Å². The molecule has 3 heterocycles. The van der Waals surface area contributed by atoms with E-state index in [1.807, 2.05) is 43.0 Å².